The molecule has 1 fully saturated rings. The van der Waals surface area contributed by atoms with Gasteiger partial charge < -0.3 is 10.6 Å². The lowest BCUT2D eigenvalue weighted by molar-refractivity contribution is -0.114. The normalized spacial score (nSPS) is 20.7. The van der Waals surface area contributed by atoms with Gasteiger partial charge in [0.2, 0.25) is 5.91 Å². The quantitative estimate of drug-likeness (QED) is 0.284. The molecular weight excluding hydrogens is 555 g/mol. The number of rotatable bonds is 7. The average molecular weight is 598 g/mol. The van der Waals surface area contributed by atoms with Crippen molar-refractivity contribution in [2.24, 2.45) is 16.7 Å². The molecule has 1 amide bonds. The molecule has 1 aliphatic rings. The molecule has 2 N–H and O–H groups in total. The van der Waals surface area contributed by atoms with Crippen LogP contribution in [0.3, 0.4) is 0 Å². The largest absolute Gasteiger partial charge is 0.373 e. The maximum atomic E-state index is 11.5. The number of nitrogens with zero attached hydrogens (tertiary/aromatic N) is 4. The van der Waals surface area contributed by atoms with Crippen molar-refractivity contribution in [2.45, 2.75) is 85.7 Å². The summed E-state index contributed by atoms with van der Waals surface area (Å²) in [4.78, 5) is 11.5. The van der Waals surface area contributed by atoms with E-state index in [4.69, 9.17) is 23.2 Å². The number of carbonyl (C=O) groups is 1. The van der Waals surface area contributed by atoms with Crippen LogP contribution in [0.25, 0.3) is 6.08 Å². The molecule has 220 valence electrons. The van der Waals surface area contributed by atoms with Crippen LogP contribution in [0.1, 0.15) is 91.6 Å². The highest BCUT2D eigenvalue weighted by Crippen LogP contribution is 2.47. The molecule has 9 heteroatoms. The lowest BCUT2D eigenvalue weighted by Crippen LogP contribution is -2.44. The Labute approximate surface area is 254 Å². The zero-order valence-corrected chi connectivity index (χ0v) is 26.6. The monoisotopic (exact) mass is 596 g/mol. The van der Waals surface area contributed by atoms with Gasteiger partial charge in [-0.15, -0.1) is 5.10 Å². The zero-order chi connectivity index (χ0) is 30.0. The van der Waals surface area contributed by atoms with Crippen LogP contribution in [0, 0.1) is 16.7 Å². The number of amides is 1. The van der Waals surface area contributed by atoms with Crippen molar-refractivity contribution in [3.63, 3.8) is 0 Å². The molecule has 2 aromatic carbocycles. The average Bonchev–Trinajstić information content (AvgIpc) is 3.35. The third kappa shape index (κ3) is 7.49. The van der Waals surface area contributed by atoms with Crippen LogP contribution in [-0.2, 0) is 10.3 Å². The van der Waals surface area contributed by atoms with Crippen LogP contribution < -0.4 is 10.6 Å². The minimum atomic E-state index is -0.462. The molecule has 1 unspecified atom stereocenters. The predicted molar refractivity (Wildman–Crippen MR) is 169 cm³/mol. The first-order valence-corrected chi connectivity index (χ1v) is 15.0. The maximum absolute atomic E-state index is 11.5. The standard InChI is InChI=1S/C32H42Cl2N6O/c1-21(41)35-25-11-13-26(14-12-25)36-32(18-16-23(17-19-32)30(2,3)4)29-37-38-39-40(29)28(31(5,6)7)15-9-22-8-10-24(33)20-27(22)34/h8-15,20,23,28,36H,16-19H2,1-7H3,(H,35,41)/b15-9+. The zero-order valence-electron chi connectivity index (χ0n) is 25.1. The summed E-state index contributed by atoms with van der Waals surface area (Å²) < 4.78 is 1.98. The Hall–Kier alpha value is -2.90. The fraction of sp³-hybridized carbons (Fsp3) is 0.500. The number of hydrogen-bond donors (Lipinski definition) is 2. The Morgan fingerprint density at radius 3 is 2.22 bits per heavy atom. The summed E-state index contributed by atoms with van der Waals surface area (Å²) in [6, 6.07) is 13.2. The number of allylic oxidation sites excluding steroid dienone is 1. The molecule has 0 spiro atoms. The molecule has 0 saturated heterocycles. The highest BCUT2D eigenvalue weighted by atomic mass is 35.5. The van der Waals surface area contributed by atoms with Crippen molar-refractivity contribution >= 4 is 46.6 Å². The number of carbonyl (C=O) groups excluding carboxylic acids is 1. The fourth-order valence-electron chi connectivity index (χ4n) is 5.76. The highest BCUT2D eigenvalue weighted by molar-refractivity contribution is 6.35. The molecule has 1 saturated carbocycles. The van der Waals surface area contributed by atoms with E-state index in [0.717, 1.165) is 48.4 Å². The fourth-order valence-corrected chi connectivity index (χ4v) is 6.23. The number of halogens is 2. The Morgan fingerprint density at radius 1 is 1.02 bits per heavy atom. The second-order valence-corrected chi connectivity index (χ2v) is 14.2. The van der Waals surface area contributed by atoms with E-state index in [0.29, 0.717) is 16.0 Å². The van der Waals surface area contributed by atoms with Crippen molar-refractivity contribution in [3.05, 3.63) is 70.0 Å². The molecule has 1 heterocycles. The summed E-state index contributed by atoms with van der Waals surface area (Å²) in [6.07, 6.45) is 8.06. The van der Waals surface area contributed by atoms with Gasteiger partial charge in [0, 0.05) is 28.3 Å². The molecule has 41 heavy (non-hydrogen) atoms. The lowest BCUT2D eigenvalue weighted by atomic mass is 9.67. The molecule has 7 nitrogen and oxygen atoms in total. The molecule has 0 bridgehead atoms. The number of hydrogen-bond acceptors (Lipinski definition) is 5. The summed E-state index contributed by atoms with van der Waals surface area (Å²) in [5, 5.41) is 21.4. The summed E-state index contributed by atoms with van der Waals surface area (Å²) >= 11 is 12.6. The van der Waals surface area contributed by atoms with Gasteiger partial charge in [0.25, 0.3) is 0 Å². The summed E-state index contributed by atoms with van der Waals surface area (Å²) in [5.74, 6) is 1.33. The van der Waals surface area contributed by atoms with Gasteiger partial charge in [-0.25, -0.2) is 4.68 Å². The van der Waals surface area contributed by atoms with E-state index in [1.54, 1.807) is 6.07 Å². The van der Waals surface area contributed by atoms with Crippen LogP contribution in [0.15, 0.2) is 48.5 Å². The molecule has 4 rings (SSSR count). The predicted octanol–water partition coefficient (Wildman–Crippen LogP) is 8.78. The van der Waals surface area contributed by atoms with Gasteiger partial charge in [-0.1, -0.05) is 83.0 Å². The van der Waals surface area contributed by atoms with Gasteiger partial charge in [0.1, 0.15) is 0 Å². The summed E-state index contributed by atoms with van der Waals surface area (Å²) in [6.45, 7) is 15.0. The molecular formula is C32H42Cl2N6O. The lowest BCUT2D eigenvalue weighted by Gasteiger charge is -2.45. The van der Waals surface area contributed by atoms with Crippen molar-refractivity contribution in [1.82, 2.24) is 20.2 Å². The number of anilines is 2. The van der Waals surface area contributed by atoms with Gasteiger partial charge >= 0.3 is 0 Å². The summed E-state index contributed by atoms with van der Waals surface area (Å²) in [7, 11) is 0. The van der Waals surface area contributed by atoms with Crippen LogP contribution in [0.4, 0.5) is 11.4 Å². The minimum absolute atomic E-state index is 0.0944. The smallest absolute Gasteiger partial charge is 0.221 e. The summed E-state index contributed by atoms with van der Waals surface area (Å²) in [5.41, 5.74) is 2.18. The van der Waals surface area contributed by atoms with E-state index >= 15 is 0 Å². The van der Waals surface area contributed by atoms with Crippen molar-refractivity contribution in [2.75, 3.05) is 10.6 Å². The van der Waals surface area contributed by atoms with E-state index in [9.17, 15) is 4.79 Å². The minimum Gasteiger partial charge on any atom is -0.373 e. The van der Waals surface area contributed by atoms with Crippen molar-refractivity contribution in [3.8, 4) is 0 Å². The van der Waals surface area contributed by atoms with Gasteiger partial charge in [-0.05, 0) is 94.8 Å². The molecule has 3 aromatic rings. The van der Waals surface area contributed by atoms with Gasteiger partial charge in [-0.2, -0.15) is 0 Å². The molecule has 1 aromatic heterocycles. The highest BCUT2D eigenvalue weighted by Gasteiger charge is 2.45. The Balaban J connectivity index is 1.74. The van der Waals surface area contributed by atoms with Gasteiger partial charge in [-0.3, -0.25) is 4.79 Å². The van der Waals surface area contributed by atoms with E-state index in [2.05, 4.69) is 73.8 Å². The second kappa shape index (κ2) is 12.1. The van der Waals surface area contributed by atoms with Crippen molar-refractivity contribution < 1.29 is 4.79 Å². The van der Waals surface area contributed by atoms with E-state index in [1.807, 2.05) is 47.2 Å². The van der Waals surface area contributed by atoms with Crippen molar-refractivity contribution in [1.29, 1.82) is 0 Å². The topological polar surface area (TPSA) is 84.7 Å². The van der Waals surface area contributed by atoms with E-state index in [-0.39, 0.29) is 22.8 Å². The second-order valence-electron chi connectivity index (χ2n) is 13.4. The first kappa shape index (κ1) is 31.0. The number of aromatic nitrogens is 4. The molecule has 0 radical (unpaired) electrons. The van der Waals surface area contributed by atoms with E-state index < -0.39 is 5.54 Å². The number of nitrogens with one attached hydrogen (secondary N) is 2. The number of benzene rings is 2. The number of tetrazole rings is 1. The Morgan fingerprint density at radius 2 is 1.66 bits per heavy atom. The molecule has 0 aliphatic heterocycles. The van der Waals surface area contributed by atoms with Crippen LogP contribution in [-0.4, -0.2) is 26.1 Å². The third-order valence-electron chi connectivity index (χ3n) is 8.14. The van der Waals surface area contributed by atoms with Crippen LogP contribution in [0.5, 0.6) is 0 Å². The maximum Gasteiger partial charge on any atom is 0.221 e. The van der Waals surface area contributed by atoms with Gasteiger partial charge in [0.15, 0.2) is 5.82 Å². The molecule has 1 aliphatic carbocycles. The van der Waals surface area contributed by atoms with Gasteiger partial charge in [0.05, 0.1) is 11.6 Å². The molecule has 1 atom stereocenters. The first-order valence-electron chi connectivity index (χ1n) is 14.3. The van der Waals surface area contributed by atoms with Crippen LogP contribution in [0.2, 0.25) is 10.0 Å². The van der Waals surface area contributed by atoms with E-state index in [1.165, 1.54) is 6.92 Å². The third-order valence-corrected chi connectivity index (χ3v) is 8.71. The first-order chi connectivity index (χ1) is 19.2. The SMILES string of the molecule is CC(=O)Nc1ccc(NC2(c3nnnn3C(/C=C/c3ccc(Cl)cc3Cl)C(C)(C)C)CCC(C(C)(C)C)CC2)cc1. The Kier molecular flexibility index (Phi) is 9.19. The van der Waals surface area contributed by atoms with Crippen LogP contribution >= 0.6 is 23.2 Å². The Bertz CT molecular complexity index is 1380.